The third-order valence-corrected chi connectivity index (χ3v) is 6.80. The van der Waals surface area contributed by atoms with Gasteiger partial charge in [-0.3, -0.25) is 4.79 Å². The Kier molecular flexibility index (Phi) is 5.62. The van der Waals surface area contributed by atoms with Gasteiger partial charge in [-0.15, -0.1) is 0 Å². The fourth-order valence-corrected chi connectivity index (χ4v) is 5.01. The van der Waals surface area contributed by atoms with Crippen LogP contribution in [0.3, 0.4) is 0 Å². The summed E-state index contributed by atoms with van der Waals surface area (Å²) in [4.78, 5) is 36.3. The van der Waals surface area contributed by atoms with Gasteiger partial charge in [0.05, 0.1) is 18.1 Å². The van der Waals surface area contributed by atoms with Gasteiger partial charge in [0.2, 0.25) is 0 Å². The predicted molar refractivity (Wildman–Crippen MR) is 100 cm³/mol. The quantitative estimate of drug-likeness (QED) is 0.404. The number of esters is 3. The Morgan fingerprint density at radius 1 is 1.24 bits per heavy atom. The highest BCUT2D eigenvalue weighted by Crippen LogP contribution is 2.57. The van der Waals surface area contributed by atoms with Crippen molar-refractivity contribution in [2.45, 2.75) is 71.1 Å². The number of aliphatic hydroxyl groups is 2. The minimum atomic E-state index is -1.08. The highest BCUT2D eigenvalue weighted by Gasteiger charge is 2.66. The SMILES string of the molecule is C=C1C(=O)O[C@@H]2[C@@H]1[C@@H](OC(C)=O)[C@]1(C)[C@H](O)C[C@H](OC(=O)/C(C)=C\C)[C@H]1C[C@H]2O. The summed E-state index contributed by atoms with van der Waals surface area (Å²) in [6.45, 7) is 10.1. The minimum Gasteiger partial charge on any atom is -0.461 e. The summed E-state index contributed by atoms with van der Waals surface area (Å²) in [5.74, 6) is -3.06. The third-order valence-electron chi connectivity index (χ3n) is 6.80. The molecule has 8 atom stereocenters. The Morgan fingerprint density at radius 2 is 1.90 bits per heavy atom. The summed E-state index contributed by atoms with van der Waals surface area (Å²) in [7, 11) is 0. The van der Waals surface area contributed by atoms with Gasteiger partial charge in [-0.05, 0) is 20.3 Å². The van der Waals surface area contributed by atoms with Crippen molar-refractivity contribution in [3.05, 3.63) is 23.8 Å². The van der Waals surface area contributed by atoms with Gasteiger partial charge in [-0.1, -0.05) is 19.6 Å². The molecule has 3 fully saturated rings. The average molecular weight is 408 g/mol. The van der Waals surface area contributed by atoms with Crippen molar-refractivity contribution >= 4 is 17.9 Å². The number of hydrogen-bond donors (Lipinski definition) is 2. The molecule has 1 saturated heterocycles. The van der Waals surface area contributed by atoms with Crippen LogP contribution in [0.5, 0.6) is 0 Å². The molecule has 2 N–H and O–H groups in total. The zero-order valence-electron chi connectivity index (χ0n) is 17.1. The van der Waals surface area contributed by atoms with E-state index in [2.05, 4.69) is 6.58 Å². The van der Waals surface area contributed by atoms with Crippen LogP contribution in [-0.4, -0.2) is 58.6 Å². The van der Waals surface area contributed by atoms with E-state index in [1.807, 2.05) is 0 Å². The van der Waals surface area contributed by atoms with E-state index in [1.165, 1.54) is 6.92 Å². The van der Waals surface area contributed by atoms with Crippen molar-refractivity contribution in [2.24, 2.45) is 17.3 Å². The molecule has 2 aliphatic carbocycles. The molecule has 29 heavy (non-hydrogen) atoms. The maximum Gasteiger partial charge on any atom is 0.334 e. The Hall–Kier alpha value is -2.19. The number of allylic oxidation sites excluding steroid dienone is 1. The molecule has 0 spiro atoms. The van der Waals surface area contributed by atoms with Gasteiger partial charge < -0.3 is 24.4 Å². The molecule has 0 aromatic heterocycles. The molecule has 0 bridgehead atoms. The Balaban J connectivity index is 2.04. The molecule has 160 valence electrons. The first-order valence-corrected chi connectivity index (χ1v) is 9.79. The van der Waals surface area contributed by atoms with Crippen molar-refractivity contribution in [3.63, 3.8) is 0 Å². The highest BCUT2D eigenvalue weighted by atomic mass is 16.6. The topological polar surface area (TPSA) is 119 Å². The van der Waals surface area contributed by atoms with Crippen molar-refractivity contribution in [1.82, 2.24) is 0 Å². The number of carbonyl (C=O) groups excluding carboxylic acids is 3. The summed E-state index contributed by atoms with van der Waals surface area (Å²) in [6, 6.07) is 0. The lowest BCUT2D eigenvalue weighted by atomic mass is 9.68. The monoisotopic (exact) mass is 408 g/mol. The van der Waals surface area contributed by atoms with E-state index < -0.39 is 65.7 Å². The first-order chi connectivity index (χ1) is 13.5. The van der Waals surface area contributed by atoms with Crippen LogP contribution in [0.25, 0.3) is 0 Å². The van der Waals surface area contributed by atoms with E-state index in [4.69, 9.17) is 14.2 Å². The van der Waals surface area contributed by atoms with E-state index in [1.54, 1.807) is 26.8 Å². The molecule has 0 aromatic carbocycles. The molecule has 2 saturated carbocycles. The fourth-order valence-electron chi connectivity index (χ4n) is 5.01. The molecule has 3 aliphatic rings. The van der Waals surface area contributed by atoms with E-state index in [0.29, 0.717) is 5.57 Å². The van der Waals surface area contributed by atoms with Crippen LogP contribution in [0.2, 0.25) is 0 Å². The third kappa shape index (κ3) is 3.38. The second-order valence-electron chi connectivity index (χ2n) is 8.39. The van der Waals surface area contributed by atoms with Crippen LogP contribution in [-0.2, 0) is 28.6 Å². The number of ether oxygens (including phenoxy) is 3. The van der Waals surface area contributed by atoms with Gasteiger partial charge in [-0.2, -0.15) is 0 Å². The maximum atomic E-state index is 12.3. The number of hydrogen-bond acceptors (Lipinski definition) is 8. The Bertz CT molecular complexity index is 771. The van der Waals surface area contributed by atoms with E-state index in [0.717, 1.165) is 0 Å². The molecule has 0 amide bonds. The highest BCUT2D eigenvalue weighted by molar-refractivity contribution is 5.91. The molecule has 8 nitrogen and oxygen atoms in total. The minimum absolute atomic E-state index is 0.0968. The molecular formula is C21H28O8. The van der Waals surface area contributed by atoms with E-state index in [9.17, 15) is 24.6 Å². The lowest BCUT2D eigenvalue weighted by molar-refractivity contribution is -0.169. The van der Waals surface area contributed by atoms with Crippen molar-refractivity contribution in [1.29, 1.82) is 0 Å². The summed E-state index contributed by atoms with van der Waals surface area (Å²) in [6.07, 6.45) is -2.79. The summed E-state index contributed by atoms with van der Waals surface area (Å²) in [5.41, 5.74) is -0.546. The maximum absolute atomic E-state index is 12.3. The van der Waals surface area contributed by atoms with Crippen molar-refractivity contribution in [3.8, 4) is 0 Å². The lowest BCUT2D eigenvalue weighted by Crippen LogP contribution is -2.50. The van der Waals surface area contributed by atoms with Crippen molar-refractivity contribution in [2.75, 3.05) is 0 Å². The van der Waals surface area contributed by atoms with Crippen LogP contribution in [0, 0.1) is 17.3 Å². The molecule has 1 aliphatic heterocycles. The van der Waals surface area contributed by atoms with Crippen LogP contribution in [0.15, 0.2) is 23.8 Å². The second kappa shape index (κ2) is 7.57. The first kappa shape index (κ1) is 21.5. The van der Waals surface area contributed by atoms with E-state index in [-0.39, 0.29) is 18.4 Å². The van der Waals surface area contributed by atoms with Gasteiger partial charge >= 0.3 is 17.9 Å². The van der Waals surface area contributed by atoms with Gasteiger partial charge in [0.25, 0.3) is 0 Å². The van der Waals surface area contributed by atoms with Gasteiger partial charge in [0, 0.05) is 35.8 Å². The van der Waals surface area contributed by atoms with Gasteiger partial charge in [0.15, 0.2) is 0 Å². The number of carbonyl (C=O) groups is 3. The van der Waals surface area contributed by atoms with Crippen LogP contribution >= 0.6 is 0 Å². The van der Waals surface area contributed by atoms with Crippen LogP contribution in [0.1, 0.15) is 40.5 Å². The largest absolute Gasteiger partial charge is 0.461 e. The molecule has 0 aromatic rings. The Labute approximate surface area is 169 Å². The average Bonchev–Trinajstić information content (AvgIpc) is 3.04. The second-order valence-corrected chi connectivity index (χ2v) is 8.39. The molecule has 0 unspecified atom stereocenters. The molecule has 1 heterocycles. The zero-order valence-corrected chi connectivity index (χ0v) is 17.1. The lowest BCUT2D eigenvalue weighted by Gasteiger charge is -2.42. The Morgan fingerprint density at radius 3 is 2.48 bits per heavy atom. The standard InChI is InChI=1S/C21H28O8/c1-6-9(2)19(25)28-14-8-15(24)21(5)12(14)7-13(23)17-16(10(3)20(26)29-17)18(21)27-11(4)22/h6,12-18,23-24H,3,7-8H2,1-2,4-5H3/b9-6-/t12-,13-,14+,15-,16-,17+,18-,21+/m1/s1. The first-order valence-electron chi connectivity index (χ1n) is 9.79. The summed E-state index contributed by atoms with van der Waals surface area (Å²) in [5, 5.41) is 21.8. The molecule has 3 rings (SSSR count). The van der Waals surface area contributed by atoms with Crippen LogP contribution < -0.4 is 0 Å². The number of aliphatic hydroxyl groups excluding tert-OH is 2. The van der Waals surface area contributed by atoms with Crippen molar-refractivity contribution < 1.29 is 38.8 Å². The smallest absolute Gasteiger partial charge is 0.334 e. The number of rotatable bonds is 3. The van der Waals surface area contributed by atoms with Gasteiger partial charge in [0.1, 0.15) is 18.3 Å². The molecule has 0 radical (unpaired) electrons. The van der Waals surface area contributed by atoms with Gasteiger partial charge in [-0.25, -0.2) is 9.59 Å². The van der Waals surface area contributed by atoms with Crippen LogP contribution in [0.4, 0.5) is 0 Å². The fraction of sp³-hybridized carbons (Fsp3) is 0.667. The van der Waals surface area contributed by atoms with E-state index >= 15 is 0 Å². The molecular weight excluding hydrogens is 380 g/mol. The zero-order chi connectivity index (χ0) is 21.7. The summed E-state index contributed by atoms with van der Waals surface area (Å²) >= 11 is 0. The summed E-state index contributed by atoms with van der Waals surface area (Å²) < 4.78 is 16.6. The predicted octanol–water partition coefficient (Wildman–Crippen LogP) is 1.05. The normalized spacial score (nSPS) is 41.9. The number of fused-ring (bicyclic) bond motifs is 2. The molecule has 8 heteroatoms.